The van der Waals surface area contributed by atoms with Gasteiger partial charge in [0.05, 0.1) is 16.8 Å². The van der Waals surface area contributed by atoms with Gasteiger partial charge in [0.2, 0.25) is 5.91 Å². The van der Waals surface area contributed by atoms with Crippen molar-refractivity contribution in [2.75, 3.05) is 13.1 Å². The summed E-state index contributed by atoms with van der Waals surface area (Å²) < 4.78 is 0.766. The van der Waals surface area contributed by atoms with Gasteiger partial charge in [0, 0.05) is 11.4 Å². The number of carbonyl (C=O) groups is 1. The predicted molar refractivity (Wildman–Crippen MR) is 69.4 cm³/mol. The van der Waals surface area contributed by atoms with Crippen LogP contribution >= 0.6 is 35.3 Å². The quantitative estimate of drug-likeness (QED) is 0.890. The Morgan fingerprint density at radius 1 is 1.62 bits per heavy atom. The van der Waals surface area contributed by atoms with Crippen molar-refractivity contribution in [1.82, 2.24) is 10.6 Å². The molecule has 2 heterocycles. The van der Waals surface area contributed by atoms with Crippen LogP contribution in [0.15, 0.2) is 12.1 Å². The van der Waals surface area contributed by atoms with E-state index in [1.807, 2.05) is 12.1 Å². The molecule has 3 nitrogen and oxygen atoms in total. The summed E-state index contributed by atoms with van der Waals surface area (Å²) in [4.78, 5) is 12.7. The molecular weight excluding hydrogens is 267 g/mol. The topological polar surface area (TPSA) is 41.1 Å². The van der Waals surface area contributed by atoms with E-state index in [1.54, 1.807) is 0 Å². The van der Waals surface area contributed by atoms with Crippen LogP contribution in [-0.2, 0) is 11.3 Å². The molecule has 2 rings (SSSR count). The van der Waals surface area contributed by atoms with Gasteiger partial charge in [0.25, 0.3) is 0 Å². The maximum absolute atomic E-state index is 11.6. The Bertz CT molecular complexity index is 350. The third kappa shape index (κ3) is 3.63. The van der Waals surface area contributed by atoms with E-state index in [9.17, 15) is 4.79 Å². The molecule has 2 N–H and O–H groups in total. The number of amides is 1. The summed E-state index contributed by atoms with van der Waals surface area (Å²) in [6.45, 7) is 2.34. The van der Waals surface area contributed by atoms with Gasteiger partial charge in [-0.3, -0.25) is 4.79 Å². The largest absolute Gasteiger partial charge is 0.351 e. The highest BCUT2D eigenvalue weighted by Gasteiger charge is 2.21. The Hall–Kier alpha value is -0.290. The van der Waals surface area contributed by atoms with Gasteiger partial charge < -0.3 is 10.6 Å². The van der Waals surface area contributed by atoms with Crippen molar-refractivity contribution >= 4 is 41.3 Å². The van der Waals surface area contributed by atoms with Gasteiger partial charge in [0.15, 0.2) is 0 Å². The number of hydrogen-bond acceptors (Lipinski definition) is 3. The molecule has 1 atom stereocenters. The van der Waals surface area contributed by atoms with Crippen molar-refractivity contribution in [2.24, 2.45) is 5.92 Å². The lowest BCUT2D eigenvalue weighted by Gasteiger charge is -2.08. The SMILES string of the molecule is Cl.O=C(NCc1ccc(Cl)s1)C1CCNC1. The fourth-order valence-corrected chi connectivity index (χ4v) is 2.67. The fraction of sp³-hybridized carbons (Fsp3) is 0.500. The molecule has 1 aliphatic rings. The molecule has 1 unspecified atom stereocenters. The molecule has 0 aliphatic carbocycles. The zero-order chi connectivity index (χ0) is 10.7. The molecule has 1 fully saturated rings. The maximum atomic E-state index is 11.6. The molecule has 0 bridgehead atoms. The van der Waals surface area contributed by atoms with E-state index in [-0.39, 0.29) is 24.2 Å². The summed E-state index contributed by atoms with van der Waals surface area (Å²) in [7, 11) is 0. The fourth-order valence-electron chi connectivity index (χ4n) is 1.64. The molecule has 6 heteroatoms. The average molecular weight is 281 g/mol. The molecule has 1 amide bonds. The molecule has 0 spiro atoms. The number of hydrogen-bond donors (Lipinski definition) is 2. The van der Waals surface area contributed by atoms with Crippen LogP contribution in [0.1, 0.15) is 11.3 Å². The van der Waals surface area contributed by atoms with E-state index in [0.717, 1.165) is 28.7 Å². The van der Waals surface area contributed by atoms with E-state index in [4.69, 9.17) is 11.6 Å². The van der Waals surface area contributed by atoms with Crippen LogP contribution < -0.4 is 10.6 Å². The number of nitrogens with one attached hydrogen (secondary N) is 2. The third-order valence-corrected chi connectivity index (χ3v) is 3.73. The lowest BCUT2D eigenvalue weighted by atomic mass is 10.1. The van der Waals surface area contributed by atoms with E-state index in [2.05, 4.69) is 10.6 Å². The molecule has 1 aromatic heterocycles. The zero-order valence-electron chi connectivity index (χ0n) is 8.66. The van der Waals surface area contributed by atoms with Gasteiger partial charge in [0.1, 0.15) is 0 Å². The number of rotatable bonds is 3. The minimum atomic E-state index is 0. The second-order valence-corrected chi connectivity index (χ2v) is 5.41. The van der Waals surface area contributed by atoms with Crippen LogP contribution in [0.4, 0.5) is 0 Å². The molecule has 0 aromatic carbocycles. The minimum absolute atomic E-state index is 0. The highest BCUT2D eigenvalue weighted by molar-refractivity contribution is 7.16. The molecule has 90 valence electrons. The van der Waals surface area contributed by atoms with E-state index in [1.165, 1.54) is 11.3 Å². The molecule has 0 radical (unpaired) electrons. The van der Waals surface area contributed by atoms with E-state index in [0.29, 0.717) is 6.54 Å². The van der Waals surface area contributed by atoms with Crippen LogP contribution in [0, 0.1) is 5.92 Å². The molecule has 0 saturated carbocycles. The maximum Gasteiger partial charge on any atom is 0.224 e. The van der Waals surface area contributed by atoms with Gasteiger partial charge in [-0.1, -0.05) is 11.6 Å². The Balaban J connectivity index is 0.00000128. The first kappa shape index (κ1) is 13.8. The van der Waals surface area contributed by atoms with Gasteiger partial charge in [-0.25, -0.2) is 0 Å². The second-order valence-electron chi connectivity index (χ2n) is 3.61. The van der Waals surface area contributed by atoms with Gasteiger partial charge in [-0.05, 0) is 25.1 Å². The standard InChI is InChI=1S/C10H13ClN2OS.ClH/c11-9-2-1-8(15-9)6-13-10(14)7-3-4-12-5-7;/h1-2,7,12H,3-6H2,(H,13,14);1H. The van der Waals surface area contributed by atoms with Crippen LogP contribution in [-0.4, -0.2) is 19.0 Å². The molecule has 1 aliphatic heterocycles. The molecule has 1 aromatic rings. The average Bonchev–Trinajstić information content (AvgIpc) is 2.84. The van der Waals surface area contributed by atoms with Crippen LogP contribution in [0.5, 0.6) is 0 Å². The van der Waals surface area contributed by atoms with Crippen molar-refractivity contribution in [3.05, 3.63) is 21.3 Å². The number of carbonyl (C=O) groups excluding carboxylic acids is 1. The minimum Gasteiger partial charge on any atom is -0.351 e. The van der Waals surface area contributed by atoms with Gasteiger partial charge in [-0.2, -0.15) is 0 Å². The van der Waals surface area contributed by atoms with Gasteiger partial charge >= 0.3 is 0 Å². The van der Waals surface area contributed by atoms with Crippen LogP contribution in [0.3, 0.4) is 0 Å². The monoisotopic (exact) mass is 280 g/mol. The van der Waals surface area contributed by atoms with Crippen LogP contribution in [0.2, 0.25) is 4.34 Å². The summed E-state index contributed by atoms with van der Waals surface area (Å²) in [6.07, 6.45) is 0.941. The Kier molecular flexibility index (Phi) is 5.55. The first-order valence-corrected chi connectivity index (χ1v) is 6.18. The van der Waals surface area contributed by atoms with Gasteiger partial charge in [-0.15, -0.1) is 23.7 Å². The number of halogens is 2. The first-order valence-electron chi connectivity index (χ1n) is 4.98. The van der Waals surface area contributed by atoms with E-state index >= 15 is 0 Å². The summed E-state index contributed by atoms with van der Waals surface area (Å²) in [5.41, 5.74) is 0. The van der Waals surface area contributed by atoms with Crippen molar-refractivity contribution in [1.29, 1.82) is 0 Å². The molecule has 16 heavy (non-hydrogen) atoms. The lowest BCUT2D eigenvalue weighted by molar-refractivity contribution is -0.124. The lowest BCUT2D eigenvalue weighted by Crippen LogP contribution is -2.31. The second kappa shape index (κ2) is 6.45. The Morgan fingerprint density at radius 2 is 2.44 bits per heavy atom. The Morgan fingerprint density at radius 3 is 3.00 bits per heavy atom. The Labute approximate surface area is 110 Å². The number of thiophene rings is 1. The molecular formula is C10H14Cl2N2OS. The predicted octanol–water partition coefficient (Wildman–Crippen LogP) is 2.05. The zero-order valence-corrected chi connectivity index (χ0v) is 11.1. The molecule has 1 saturated heterocycles. The summed E-state index contributed by atoms with van der Waals surface area (Å²) in [6, 6.07) is 3.80. The van der Waals surface area contributed by atoms with Crippen LogP contribution in [0.25, 0.3) is 0 Å². The summed E-state index contributed by atoms with van der Waals surface area (Å²) in [5.74, 6) is 0.282. The third-order valence-electron chi connectivity index (χ3n) is 2.50. The normalized spacial score (nSPS) is 19.2. The summed E-state index contributed by atoms with van der Waals surface area (Å²) in [5, 5.41) is 6.10. The van der Waals surface area contributed by atoms with Crippen molar-refractivity contribution in [2.45, 2.75) is 13.0 Å². The first-order chi connectivity index (χ1) is 7.25. The van der Waals surface area contributed by atoms with Crippen molar-refractivity contribution < 1.29 is 4.79 Å². The smallest absolute Gasteiger partial charge is 0.224 e. The highest BCUT2D eigenvalue weighted by Crippen LogP contribution is 2.21. The highest BCUT2D eigenvalue weighted by atomic mass is 35.5. The summed E-state index contributed by atoms with van der Waals surface area (Å²) >= 11 is 7.31. The van der Waals surface area contributed by atoms with Crippen molar-refractivity contribution in [3.63, 3.8) is 0 Å². The van der Waals surface area contributed by atoms with Crippen molar-refractivity contribution in [3.8, 4) is 0 Å². The van der Waals surface area contributed by atoms with E-state index < -0.39 is 0 Å².